The molecule has 2 aliphatic heterocycles. The molecule has 120 valence electrons. The number of hydrogen-bond donors (Lipinski definition) is 2. The van der Waals surface area contributed by atoms with Gasteiger partial charge in [0.1, 0.15) is 0 Å². The molecular formula is C17H23ClN2O2. The van der Waals surface area contributed by atoms with E-state index in [1.165, 1.54) is 5.56 Å². The number of nitrogens with zero attached hydrogens (tertiary/aromatic N) is 1. The van der Waals surface area contributed by atoms with Gasteiger partial charge in [0, 0.05) is 17.6 Å². The van der Waals surface area contributed by atoms with Crippen molar-refractivity contribution in [3.63, 3.8) is 0 Å². The maximum atomic E-state index is 11.1. The Balaban J connectivity index is 1.71. The topological polar surface area (TPSA) is 52.6 Å². The number of benzene rings is 1. The van der Waals surface area contributed by atoms with Crippen molar-refractivity contribution in [2.75, 3.05) is 26.7 Å². The molecule has 22 heavy (non-hydrogen) atoms. The predicted molar refractivity (Wildman–Crippen MR) is 87.4 cm³/mol. The number of halogens is 1. The second kappa shape index (κ2) is 6.57. The number of carboxylic acid groups (broad SMARTS) is 1. The van der Waals surface area contributed by atoms with E-state index in [1.807, 2.05) is 6.07 Å². The summed E-state index contributed by atoms with van der Waals surface area (Å²) in [5.41, 5.74) is 2.34. The third kappa shape index (κ3) is 3.29. The Labute approximate surface area is 136 Å². The summed E-state index contributed by atoms with van der Waals surface area (Å²) in [6, 6.07) is 6.38. The first kappa shape index (κ1) is 15.8. The number of piperidine rings is 1. The quantitative estimate of drug-likeness (QED) is 0.898. The molecule has 2 saturated heterocycles. The van der Waals surface area contributed by atoms with Gasteiger partial charge in [0.05, 0.1) is 5.92 Å². The van der Waals surface area contributed by atoms with Gasteiger partial charge in [0.25, 0.3) is 0 Å². The minimum absolute atomic E-state index is 0.102. The van der Waals surface area contributed by atoms with Crippen LogP contribution in [-0.2, 0) is 4.79 Å². The number of carboxylic acids is 1. The first-order valence-electron chi connectivity index (χ1n) is 7.98. The molecule has 0 aliphatic carbocycles. The van der Waals surface area contributed by atoms with Gasteiger partial charge in [0.2, 0.25) is 0 Å². The fourth-order valence-corrected chi connectivity index (χ4v) is 3.93. The van der Waals surface area contributed by atoms with Crippen LogP contribution in [0.15, 0.2) is 18.2 Å². The maximum Gasteiger partial charge on any atom is 0.307 e. The van der Waals surface area contributed by atoms with Crippen LogP contribution in [0.3, 0.4) is 0 Å². The van der Waals surface area contributed by atoms with E-state index < -0.39 is 5.97 Å². The minimum Gasteiger partial charge on any atom is -0.481 e. The maximum absolute atomic E-state index is 11.1. The van der Waals surface area contributed by atoms with Gasteiger partial charge >= 0.3 is 5.97 Å². The normalized spacial score (nSPS) is 27.2. The van der Waals surface area contributed by atoms with E-state index in [2.05, 4.69) is 29.4 Å². The van der Waals surface area contributed by atoms with Crippen molar-refractivity contribution >= 4 is 17.6 Å². The van der Waals surface area contributed by atoms with Gasteiger partial charge in [-0.15, -0.1) is 0 Å². The number of carbonyl (C=O) groups is 1. The number of likely N-dealkylation sites (tertiary alicyclic amines) is 1. The van der Waals surface area contributed by atoms with Gasteiger partial charge in [-0.1, -0.05) is 23.7 Å². The molecule has 0 bridgehead atoms. The largest absolute Gasteiger partial charge is 0.481 e. The van der Waals surface area contributed by atoms with Crippen molar-refractivity contribution in [1.82, 2.24) is 10.2 Å². The Kier molecular flexibility index (Phi) is 4.71. The SMILES string of the molecule is CN1CCC(c2ccc(C3CC(C(=O)O)CN3)cc2Cl)CC1. The van der Waals surface area contributed by atoms with Crippen LogP contribution in [0.4, 0.5) is 0 Å². The van der Waals surface area contributed by atoms with Gasteiger partial charge in [-0.3, -0.25) is 4.79 Å². The Hall–Kier alpha value is -1.10. The lowest BCUT2D eigenvalue weighted by Crippen LogP contribution is -2.29. The molecule has 1 aromatic carbocycles. The molecule has 3 rings (SSSR count). The Morgan fingerprint density at radius 1 is 1.36 bits per heavy atom. The van der Waals surface area contributed by atoms with Gasteiger partial charge in [-0.2, -0.15) is 0 Å². The molecule has 2 atom stereocenters. The zero-order valence-electron chi connectivity index (χ0n) is 12.9. The molecule has 0 radical (unpaired) electrons. The van der Waals surface area contributed by atoms with Gasteiger partial charge in [-0.25, -0.2) is 0 Å². The molecule has 2 fully saturated rings. The molecule has 2 heterocycles. The van der Waals surface area contributed by atoms with Crippen LogP contribution >= 0.6 is 11.6 Å². The fraction of sp³-hybridized carbons (Fsp3) is 0.588. The van der Waals surface area contributed by atoms with Crippen LogP contribution in [0.1, 0.15) is 42.3 Å². The lowest BCUT2D eigenvalue weighted by Gasteiger charge is -2.30. The summed E-state index contributed by atoms with van der Waals surface area (Å²) >= 11 is 6.52. The van der Waals surface area contributed by atoms with Crippen LogP contribution in [0.2, 0.25) is 5.02 Å². The van der Waals surface area contributed by atoms with Crippen LogP contribution < -0.4 is 5.32 Å². The monoisotopic (exact) mass is 322 g/mol. The zero-order valence-corrected chi connectivity index (χ0v) is 13.6. The van der Waals surface area contributed by atoms with Crippen molar-refractivity contribution in [3.8, 4) is 0 Å². The number of aliphatic carboxylic acids is 1. The average Bonchev–Trinajstić information content (AvgIpc) is 2.98. The molecule has 0 spiro atoms. The van der Waals surface area contributed by atoms with Gasteiger partial charge in [0.15, 0.2) is 0 Å². The first-order valence-corrected chi connectivity index (χ1v) is 8.36. The summed E-state index contributed by atoms with van der Waals surface area (Å²) in [6.07, 6.45) is 2.94. The van der Waals surface area contributed by atoms with Crippen molar-refractivity contribution in [2.24, 2.45) is 5.92 Å². The number of nitrogens with one attached hydrogen (secondary N) is 1. The minimum atomic E-state index is -0.718. The van der Waals surface area contributed by atoms with E-state index in [0.29, 0.717) is 18.9 Å². The number of rotatable bonds is 3. The Morgan fingerprint density at radius 2 is 2.09 bits per heavy atom. The highest BCUT2D eigenvalue weighted by Gasteiger charge is 2.30. The summed E-state index contributed by atoms with van der Waals surface area (Å²) in [5.74, 6) is -0.470. The fourth-order valence-electron chi connectivity index (χ4n) is 3.59. The third-order valence-electron chi connectivity index (χ3n) is 5.07. The molecule has 5 heteroatoms. The van der Waals surface area contributed by atoms with Crippen molar-refractivity contribution in [3.05, 3.63) is 34.3 Å². The lowest BCUT2D eigenvalue weighted by molar-refractivity contribution is -0.141. The van der Waals surface area contributed by atoms with Crippen LogP contribution in [0.25, 0.3) is 0 Å². The zero-order chi connectivity index (χ0) is 15.7. The molecule has 2 N–H and O–H groups in total. The summed E-state index contributed by atoms with van der Waals surface area (Å²) in [5, 5.41) is 13.2. The number of hydrogen-bond acceptors (Lipinski definition) is 3. The van der Waals surface area contributed by atoms with Crippen LogP contribution in [0.5, 0.6) is 0 Å². The standard InChI is InChI=1S/C17H23ClN2O2/c1-20-6-4-11(5-7-20)14-3-2-12(8-15(14)18)16-9-13(10-19-16)17(21)22/h2-3,8,11,13,16,19H,4-7,9-10H2,1H3,(H,21,22). The molecule has 4 nitrogen and oxygen atoms in total. The second-order valence-corrected chi connectivity index (χ2v) is 7.00. The highest BCUT2D eigenvalue weighted by atomic mass is 35.5. The van der Waals surface area contributed by atoms with Crippen molar-refractivity contribution in [1.29, 1.82) is 0 Å². The van der Waals surface area contributed by atoms with Crippen molar-refractivity contribution in [2.45, 2.75) is 31.2 Å². The predicted octanol–water partition coefficient (Wildman–Crippen LogP) is 2.88. The van der Waals surface area contributed by atoms with E-state index in [9.17, 15) is 4.79 Å². The van der Waals surface area contributed by atoms with E-state index in [-0.39, 0.29) is 12.0 Å². The Morgan fingerprint density at radius 3 is 2.68 bits per heavy atom. The highest BCUT2D eigenvalue weighted by Crippen LogP contribution is 2.35. The summed E-state index contributed by atoms with van der Waals surface area (Å²) in [6.45, 7) is 2.77. The van der Waals surface area contributed by atoms with Gasteiger partial charge in [-0.05, 0) is 62.5 Å². The second-order valence-electron chi connectivity index (χ2n) is 6.59. The highest BCUT2D eigenvalue weighted by molar-refractivity contribution is 6.31. The van der Waals surface area contributed by atoms with E-state index in [0.717, 1.165) is 36.5 Å². The molecular weight excluding hydrogens is 300 g/mol. The molecule has 1 aromatic rings. The molecule has 0 saturated carbocycles. The van der Waals surface area contributed by atoms with E-state index in [1.54, 1.807) is 0 Å². The summed E-state index contributed by atoms with van der Waals surface area (Å²) < 4.78 is 0. The van der Waals surface area contributed by atoms with Crippen LogP contribution in [0, 0.1) is 5.92 Å². The molecule has 2 aliphatic rings. The molecule has 0 aromatic heterocycles. The smallest absolute Gasteiger partial charge is 0.307 e. The van der Waals surface area contributed by atoms with Crippen LogP contribution in [-0.4, -0.2) is 42.7 Å². The van der Waals surface area contributed by atoms with Gasteiger partial charge < -0.3 is 15.3 Å². The third-order valence-corrected chi connectivity index (χ3v) is 5.39. The van der Waals surface area contributed by atoms with Crippen molar-refractivity contribution < 1.29 is 9.90 Å². The van der Waals surface area contributed by atoms with E-state index in [4.69, 9.17) is 16.7 Å². The summed E-state index contributed by atoms with van der Waals surface area (Å²) in [4.78, 5) is 13.4. The molecule has 0 amide bonds. The average molecular weight is 323 g/mol. The Bertz CT molecular complexity index is 556. The lowest BCUT2D eigenvalue weighted by atomic mass is 9.88. The molecule has 2 unspecified atom stereocenters. The van der Waals surface area contributed by atoms with E-state index >= 15 is 0 Å². The summed E-state index contributed by atoms with van der Waals surface area (Å²) in [7, 11) is 2.16. The first-order chi connectivity index (χ1) is 10.5.